The van der Waals surface area contributed by atoms with Crippen molar-refractivity contribution in [1.82, 2.24) is 5.01 Å². The van der Waals surface area contributed by atoms with Gasteiger partial charge in [0.15, 0.2) is 0 Å². The van der Waals surface area contributed by atoms with E-state index in [1.54, 1.807) is 35.6 Å². The van der Waals surface area contributed by atoms with Crippen LogP contribution in [0.3, 0.4) is 0 Å². The zero-order valence-corrected chi connectivity index (χ0v) is 22.2. The number of fused-ring (bicyclic) bond motifs is 3. The highest BCUT2D eigenvalue weighted by Crippen LogP contribution is 2.48. The van der Waals surface area contributed by atoms with Crippen molar-refractivity contribution in [3.05, 3.63) is 115 Å². The van der Waals surface area contributed by atoms with E-state index >= 15 is 0 Å². The molecule has 0 radical (unpaired) electrons. The largest absolute Gasteiger partial charge is 0.464 e. The van der Waals surface area contributed by atoms with Crippen LogP contribution in [0.4, 0.5) is 0 Å². The Morgan fingerprint density at radius 3 is 2.51 bits per heavy atom. The molecule has 2 aliphatic heterocycles. The van der Waals surface area contributed by atoms with E-state index in [0.29, 0.717) is 11.3 Å². The lowest BCUT2D eigenvalue weighted by atomic mass is 9.97. The Balaban J connectivity index is 1.28. The van der Waals surface area contributed by atoms with E-state index in [1.165, 1.54) is 4.88 Å². The molecule has 8 heteroatoms. The van der Waals surface area contributed by atoms with Crippen LogP contribution in [-0.2, 0) is 0 Å². The van der Waals surface area contributed by atoms with E-state index in [2.05, 4.69) is 49.4 Å². The molecule has 1 aromatic heterocycles. The second-order valence-corrected chi connectivity index (χ2v) is 11.0. The summed E-state index contributed by atoms with van der Waals surface area (Å²) >= 11 is 8.67. The van der Waals surface area contributed by atoms with Crippen LogP contribution in [0.25, 0.3) is 0 Å². The Morgan fingerprint density at radius 1 is 1.00 bits per heavy atom. The Morgan fingerprint density at radius 2 is 1.77 bits per heavy atom. The molecule has 0 fully saturated rings. The monoisotopic (exact) mass is 608 g/mol. The number of hydrazone groups is 1. The molecule has 2 atom stereocenters. The zero-order chi connectivity index (χ0) is 23.9. The van der Waals surface area contributed by atoms with Crippen molar-refractivity contribution in [2.45, 2.75) is 18.7 Å². The van der Waals surface area contributed by atoms with E-state index in [1.807, 2.05) is 47.5 Å². The zero-order valence-electron chi connectivity index (χ0n) is 18.2. The van der Waals surface area contributed by atoms with Gasteiger partial charge in [0.2, 0.25) is 6.23 Å². The molecular formula is C27H18Br2N2O3S. The van der Waals surface area contributed by atoms with Crippen LogP contribution in [0.1, 0.15) is 45.1 Å². The van der Waals surface area contributed by atoms with Crippen LogP contribution >= 0.6 is 43.2 Å². The maximum atomic E-state index is 12.5. The molecule has 35 heavy (non-hydrogen) atoms. The number of hydrogen-bond acceptors (Lipinski definition) is 6. The van der Waals surface area contributed by atoms with E-state index in [4.69, 9.17) is 14.6 Å². The quantitative estimate of drug-likeness (QED) is 0.175. The third-order valence-electron chi connectivity index (χ3n) is 6.01. The van der Waals surface area contributed by atoms with Crippen molar-refractivity contribution < 1.29 is 14.3 Å². The highest BCUT2D eigenvalue weighted by atomic mass is 79.9. The SMILES string of the molecule is O=C(Oc1ccc([C@H]2Oc3ccc(Br)cc3[C@@H]3CC(c4cccs4)=NN23)cc1)c1ccc(Br)cc1. The summed E-state index contributed by atoms with van der Waals surface area (Å²) in [5.41, 5.74) is 3.60. The number of halogens is 2. The van der Waals surface area contributed by atoms with Gasteiger partial charge in [-0.05, 0) is 78.2 Å². The minimum Gasteiger partial charge on any atom is -0.464 e. The Labute approximate surface area is 223 Å². The van der Waals surface area contributed by atoms with Gasteiger partial charge in [-0.15, -0.1) is 11.3 Å². The molecule has 0 saturated heterocycles. The molecular weight excluding hydrogens is 592 g/mol. The number of hydrogen-bond donors (Lipinski definition) is 0. The van der Waals surface area contributed by atoms with Gasteiger partial charge in [-0.25, -0.2) is 9.80 Å². The molecule has 5 nitrogen and oxygen atoms in total. The maximum Gasteiger partial charge on any atom is 0.343 e. The van der Waals surface area contributed by atoms with Crippen LogP contribution in [0.5, 0.6) is 11.5 Å². The topological polar surface area (TPSA) is 51.1 Å². The lowest BCUT2D eigenvalue weighted by Crippen LogP contribution is -2.33. The lowest BCUT2D eigenvalue weighted by molar-refractivity contribution is -0.0190. The molecule has 0 aliphatic carbocycles. The molecule has 0 amide bonds. The summed E-state index contributed by atoms with van der Waals surface area (Å²) in [4.78, 5) is 13.7. The Kier molecular flexibility index (Phi) is 5.96. The molecule has 2 aliphatic rings. The van der Waals surface area contributed by atoms with Gasteiger partial charge < -0.3 is 9.47 Å². The van der Waals surface area contributed by atoms with Crippen LogP contribution in [0, 0.1) is 0 Å². The predicted octanol–water partition coefficient (Wildman–Crippen LogP) is 7.73. The lowest BCUT2D eigenvalue weighted by Gasteiger charge is -2.38. The molecule has 0 saturated carbocycles. The summed E-state index contributed by atoms with van der Waals surface area (Å²) in [5.74, 6) is 0.929. The average Bonchev–Trinajstić information content (AvgIpc) is 3.55. The van der Waals surface area contributed by atoms with Gasteiger partial charge in [-0.3, -0.25) is 0 Å². The third kappa shape index (κ3) is 4.42. The van der Waals surface area contributed by atoms with Gasteiger partial charge in [-0.1, -0.05) is 37.9 Å². The van der Waals surface area contributed by atoms with E-state index in [-0.39, 0.29) is 12.3 Å². The number of rotatable bonds is 4. The summed E-state index contributed by atoms with van der Waals surface area (Å²) in [6, 6.07) is 24.9. The van der Waals surface area contributed by atoms with Crippen molar-refractivity contribution in [2.24, 2.45) is 5.10 Å². The second kappa shape index (κ2) is 9.26. The predicted molar refractivity (Wildman–Crippen MR) is 143 cm³/mol. The van der Waals surface area contributed by atoms with Crippen molar-refractivity contribution in [2.75, 3.05) is 0 Å². The van der Waals surface area contributed by atoms with Gasteiger partial charge in [0.25, 0.3) is 0 Å². The minimum atomic E-state index is -0.400. The first-order chi connectivity index (χ1) is 17.0. The number of nitrogens with zero attached hydrogens (tertiary/aromatic N) is 2. The molecule has 4 aromatic rings. The number of carbonyl (C=O) groups excluding carboxylic acids is 1. The van der Waals surface area contributed by atoms with Crippen LogP contribution < -0.4 is 9.47 Å². The van der Waals surface area contributed by atoms with Gasteiger partial charge in [-0.2, -0.15) is 5.10 Å². The summed E-state index contributed by atoms with van der Waals surface area (Å²) in [6.45, 7) is 0. The third-order valence-corrected chi connectivity index (χ3v) is 7.95. The number of benzene rings is 3. The van der Waals surface area contributed by atoms with Gasteiger partial charge in [0.05, 0.1) is 22.2 Å². The maximum absolute atomic E-state index is 12.5. The average molecular weight is 610 g/mol. The summed E-state index contributed by atoms with van der Waals surface area (Å²) in [5, 5.41) is 9.11. The molecule has 0 N–H and O–H groups in total. The smallest absolute Gasteiger partial charge is 0.343 e. The van der Waals surface area contributed by atoms with Gasteiger partial charge in [0, 0.05) is 26.5 Å². The molecule has 0 spiro atoms. The standard InChI is InChI=1S/C27H18Br2N2O3S/c28-18-7-3-17(4-8-18)27(32)33-20-10-5-16(6-11-20)26-31-23(15-22(30-31)25-2-1-13-35-25)21-14-19(29)9-12-24(21)34-26/h1-14,23,26H,15H2/t23-,26+/m0/s1. The van der Waals surface area contributed by atoms with Crippen LogP contribution in [-0.4, -0.2) is 16.7 Å². The Hall–Kier alpha value is -2.94. The molecule has 0 bridgehead atoms. The summed E-state index contributed by atoms with van der Waals surface area (Å²) in [6.07, 6.45) is 0.426. The molecule has 174 valence electrons. The molecule has 3 aromatic carbocycles. The van der Waals surface area contributed by atoms with Gasteiger partial charge >= 0.3 is 5.97 Å². The van der Waals surface area contributed by atoms with Crippen LogP contribution in [0.15, 0.2) is 98.3 Å². The number of esters is 1. The van der Waals surface area contributed by atoms with E-state index in [9.17, 15) is 4.79 Å². The molecule has 6 rings (SSSR count). The normalized spacial score (nSPS) is 18.3. The van der Waals surface area contributed by atoms with Gasteiger partial charge in [0.1, 0.15) is 11.5 Å². The van der Waals surface area contributed by atoms with Crippen molar-refractivity contribution in [1.29, 1.82) is 0 Å². The van der Waals surface area contributed by atoms with Crippen molar-refractivity contribution in [3.63, 3.8) is 0 Å². The fraction of sp³-hybridized carbons (Fsp3) is 0.111. The summed E-state index contributed by atoms with van der Waals surface area (Å²) in [7, 11) is 0. The summed E-state index contributed by atoms with van der Waals surface area (Å²) < 4.78 is 13.9. The number of ether oxygens (including phenoxy) is 2. The van der Waals surface area contributed by atoms with Crippen LogP contribution in [0.2, 0.25) is 0 Å². The Bertz CT molecular complexity index is 1420. The second-order valence-electron chi connectivity index (χ2n) is 8.24. The number of thiophene rings is 1. The fourth-order valence-electron chi connectivity index (χ4n) is 4.32. The first kappa shape index (κ1) is 22.5. The van der Waals surface area contributed by atoms with E-state index in [0.717, 1.165) is 38.0 Å². The molecule has 3 heterocycles. The first-order valence-corrected chi connectivity index (χ1v) is 13.5. The van der Waals surface area contributed by atoms with E-state index < -0.39 is 5.97 Å². The highest BCUT2D eigenvalue weighted by Gasteiger charge is 2.41. The minimum absolute atomic E-state index is 0.0771. The van der Waals surface area contributed by atoms with Crippen molar-refractivity contribution >= 4 is 54.9 Å². The molecule has 0 unspecified atom stereocenters. The highest BCUT2D eigenvalue weighted by molar-refractivity contribution is 9.10. The first-order valence-electron chi connectivity index (χ1n) is 11.0. The van der Waals surface area contributed by atoms with Crippen molar-refractivity contribution in [3.8, 4) is 11.5 Å². The fourth-order valence-corrected chi connectivity index (χ4v) is 5.69. The number of carbonyl (C=O) groups is 1.